The third kappa shape index (κ3) is 11.5. The second-order valence-electron chi connectivity index (χ2n) is 7.55. The van der Waals surface area contributed by atoms with Gasteiger partial charge in [-0.1, -0.05) is 13.8 Å². The first-order valence-corrected chi connectivity index (χ1v) is 9.05. The van der Waals surface area contributed by atoms with Gasteiger partial charge >= 0.3 is 0 Å². The molecule has 0 aliphatic rings. The highest BCUT2D eigenvalue weighted by Gasteiger charge is 2.15. The molecule has 146 valence electrons. The van der Waals surface area contributed by atoms with E-state index in [0.29, 0.717) is 24.0 Å². The fourth-order valence-electron chi connectivity index (χ4n) is 2.87. The Morgan fingerprint density at radius 1 is 0.958 bits per heavy atom. The summed E-state index contributed by atoms with van der Waals surface area (Å²) < 4.78 is 0. The summed E-state index contributed by atoms with van der Waals surface area (Å²) in [6.07, 6.45) is 1.19. The van der Waals surface area contributed by atoms with Gasteiger partial charge in [0.25, 0.3) is 0 Å². The van der Waals surface area contributed by atoms with Crippen LogP contribution in [0.5, 0.6) is 0 Å². The molecule has 24 heavy (non-hydrogen) atoms. The van der Waals surface area contributed by atoms with Crippen molar-refractivity contribution in [3.63, 3.8) is 0 Å². The first-order chi connectivity index (χ1) is 10.7. The summed E-state index contributed by atoms with van der Waals surface area (Å²) in [4.78, 5) is 9.12. The standard InChI is InChI=1S/C18H41N5.HI/c1-14(2)12-17(22(8)9)13-21-18(19-7)20-10-11-23(15(3)4)16(5)6;/h14-17H,10-13H2,1-9H3,(H2,19,20,21);1H. The fourth-order valence-corrected chi connectivity index (χ4v) is 2.87. The van der Waals surface area contributed by atoms with Crippen LogP contribution in [-0.4, -0.2) is 74.7 Å². The Labute approximate surface area is 168 Å². The van der Waals surface area contributed by atoms with Crippen molar-refractivity contribution in [2.24, 2.45) is 10.9 Å². The molecule has 1 atom stereocenters. The van der Waals surface area contributed by atoms with Crippen molar-refractivity contribution in [2.45, 2.75) is 66.1 Å². The minimum Gasteiger partial charge on any atom is -0.355 e. The largest absolute Gasteiger partial charge is 0.355 e. The number of aliphatic imine (C=N–C) groups is 1. The molecule has 0 radical (unpaired) electrons. The first-order valence-electron chi connectivity index (χ1n) is 9.05. The third-order valence-corrected chi connectivity index (χ3v) is 4.19. The van der Waals surface area contributed by atoms with Crippen molar-refractivity contribution < 1.29 is 0 Å². The van der Waals surface area contributed by atoms with Gasteiger partial charge in [-0.2, -0.15) is 0 Å². The molecule has 0 aromatic carbocycles. The molecule has 0 bridgehead atoms. The van der Waals surface area contributed by atoms with Crippen LogP contribution in [0, 0.1) is 5.92 Å². The smallest absolute Gasteiger partial charge is 0.191 e. The second kappa shape index (κ2) is 14.1. The van der Waals surface area contributed by atoms with Gasteiger partial charge in [0.05, 0.1) is 0 Å². The number of hydrogen-bond donors (Lipinski definition) is 2. The number of nitrogens with zero attached hydrogens (tertiary/aromatic N) is 3. The fraction of sp³-hybridized carbons (Fsp3) is 0.944. The van der Waals surface area contributed by atoms with E-state index in [1.807, 2.05) is 7.05 Å². The molecule has 6 heteroatoms. The Balaban J connectivity index is 0. The topological polar surface area (TPSA) is 42.9 Å². The van der Waals surface area contributed by atoms with Crippen LogP contribution in [0.3, 0.4) is 0 Å². The number of halogens is 1. The molecule has 0 aromatic heterocycles. The lowest BCUT2D eigenvalue weighted by Gasteiger charge is -2.31. The zero-order valence-electron chi connectivity index (χ0n) is 17.4. The average Bonchev–Trinajstić information content (AvgIpc) is 2.43. The van der Waals surface area contributed by atoms with E-state index < -0.39 is 0 Å². The maximum Gasteiger partial charge on any atom is 0.191 e. The Bertz CT molecular complexity index is 321. The summed E-state index contributed by atoms with van der Waals surface area (Å²) in [5, 5.41) is 6.90. The van der Waals surface area contributed by atoms with Gasteiger partial charge in [0.2, 0.25) is 0 Å². The normalized spacial score (nSPS) is 13.8. The van der Waals surface area contributed by atoms with Crippen molar-refractivity contribution in [1.82, 2.24) is 20.4 Å². The molecule has 0 aromatic rings. The molecule has 5 nitrogen and oxygen atoms in total. The molecule has 0 spiro atoms. The van der Waals surface area contributed by atoms with Gasteiger partial charge in [-0.05, 0) is 54.1 Å². The van der Waals surface area contributed by atoms with Crippen LogP contribution in [0.15, 0.2) is 4.99 Å². The lowest BCUT2D eigenvalue weighted by molar-refractivity contribution is 0.178. The molecule has 0 saturated carbocycles. The minimum absolute atomic E-state index is 0. The van der Waals surface area contributed by atoms with Crippen LogP contribution < -0.4 is 10.6 Å². The third-order valence-electron chi connectivity index (χ3n) is 4.19. The van der Waals surface area contributed by atoms with E-state index in [0.717, 1.165) is 25.6 Å². The summed E-state index contributed by atoms with van der Waals surface area (Å²) in [5.74, 6) is 1.60. The SMILES string of the molecule is CN=C(NCCN(C(C)C)C(C)C)NCC(CC(C)C)N(C)C.I. The van der Waals surface area contributed by atoms with E-state index in [1.54, 1.807) is 0 Å². The summed E-state index contributed by atoms with van der Waals surface area (Å²) in [5.41, 5.74) is 0. The highest BCUT2D eigenvalue weighted by atomic mass is 127. The second-order valence-corrected chi connectivity index (χ2v) is 7.55. The zero-order valence-corrected chi connectivity index (χ0v) is 19.7. The summed E-state index contributed by atoms with van der Waals surface area (Å²) in [7, 11) is 6.13. The summed E-state index contributed by atoms with van der Waals surface area (Å²) in [6.45, 7) is 16.4. The van der Waals surface area contributed by atoms with E-state index in [9.17, 15) is 0 Å². The Hall–Kier alpha value is -0.0800. The Morgan fingerprint density at radius 2 is 1.50 bits per heavy atom. The number of hydrogen-bond acceptors (Lipinski definition) is 3. The molecule has 0 saturated heterocycles. The average molecular weight is 455 g/mol. The zero-order chi connectivity index (χ0) is 18.0. The molecule has 0 amide bonds. The Morgan fingerprint density at radius 3 is 1.88 bits per heavy atom. The van der Waals surface area contributed by atoms with Crippen LogP contribution in [0.4, 0.5) is 0 Å². The first kappa shape index (κ1) is 26.2. The number of likely N-dealkylation sites (N-methyl/N-ethyl adjacent to an activating group) is 1. The maximum atomic E-state index is 4.34. The molecule has 0 heterocycles. The van der Waals surface area contributed by atoms with Gasteiger partial charge in [-0.25, -0.2) is 0 Å². The Kier molecular flexibility index (Phi) is 15.4. The van der Waals surface area contributed by atoms with Crippen LogP contribution in [-0.2, 0) is 0 Å². The quantitative estimate of drug-likeness (QED) is 0.302. The van der Waals surface area contributed by atoms with Gasteiger partial charge in [-0.3, -0.25) is 9.89 Å². The maximum absolute atomic E-state index is 4.34. The van der Waals surface area contributed by atoms with E-state index in [1.165, 1.54) is 6.42 Å². The number of rotatable bonds is 10. The van der Waals surface area contributed by atoms with Crippen LogP contribution in [0.25, 0.3) is 0 Å². The molecule has 0 fully saturated rings. The van der Waals surface area contributed by atoms with Crippen molar-refractivity contribution >= 4 is 29.9 Å². The van der Waals surface area contributed by atoms with Crippen molar-refractivity contribution in [3.05, 3.63) is 0 Å². The van der Waals surface area contributed by atoms with Gasteiger partial charge in [0.1, 0.15) is 0 Å². The van der Waals surface area contributed by atoms with Crippen molar-refractivity contribution in [3.8, 4) is 0 Å². The van der Waals surface area contributed by atoms with Crippen molar-refractivity contribution in [2.75, 3.05) is 40.8 Å². The highest BCUT2D eigenvalue weighted by Crippen LogP contribution is 2.08. The monoisotopic (exact) mass is 455 g/mol. The predicted molar refractivity (Wildman–Crippen MR) is 119 cm³/mol. The molecule has 2 N–H and O–H groups in total. The number of guanidine groups is 1. The molecule has 1 unspecified atom stereocenters. The highest BCUT2D eigenvalue weighted by molar-refractivity contribution is 14.0. The van der Waals surface area contributed by atoms with Crippen LogP contribution >= 0.6 is 24.0 Å². The minimum atomic E-state index is 0. The van der Waals surface area contributed by atoms with Crippen LogP contribution in [0.1, 0.15) is 48.0 Å². The van der Waals surface area contributed by atoms with E-state index in [2.05, 4.69) is 81.1 Å². The van der Waals surface area contributed by atoms with Gasteiger partial charge in [0, 0.05) is 44.8 Å². The van der Waals surface area contributed by atoms with Gasteiger partial charge in [0.15, 0.2) is 5.96 Å². The molecular formula is C18H42IN5. The molecule has 0 aliphatic carbocycles. The van der Waals surface area contributed by atoms with Gasteiger partial charge < -0.3 is 15.5 Å². The predicted octanol–water partition coefficient (Wildman–Crippen LogP) is 2.86. The molecular weight excluding hydrogens is 413 g/mol. The van der Waals surface area contributed by atoms with Crippen LogP contribution in [0.2, 0.25) is 0 Å². The van der Waals surface area contributed by atoms with Crippen molar-refractivity contribution in [1.29, 1.82) is 0 Å². The number of nitrogens with one attached hydrogen (secondary N) is 2. The van der Waals surface area contributed by atoms with E-state index >= 15 is 0 Å². The van der Waals surface area contributed by atoms with E-state index in [4.69, 9.17) is 0 Å². The summed E-state index contributed by atoms with van der Waals surface area (Å²) >= 11 is 0. The van der Waals surface area contributed by atoms with E-state index in [-0.39, 0.29) is 24.0 Å². The van der Waals surface area contributed by atoms with Gasteiger partial charge in [-0.15, -0.1) is 24.0 Å². The molecule has 0 aliphatic heterocycles. The lowest BCUT2D eigenvalue weighted by Crippen LogP contribution is -2.48. The summed E-state index contributed by atoms with van der Waals surface area (Å²) in [6, 6.07) is 1.66. The molecule has 0 rings (SSSR count). The lowest BCUT2D eigenvalue weighted by atomic mass is 10.0.